The third-order valence-electron chi connectivity index (χ3n) is 7.56. The number of ether oxygens (including phenoxy) is 5. The van der Waals surface area contributed by atoms with Crippen LogP contribution in [0.1, 0.15) is 108 Å². The summed E-state index contributed by atoms with van der Waals surface area (Å²) >= 11 is 0. The lowest BCUT2D eigenvalue weighted by atomic mass is 9.92. The molecule has 1 aromatic rings. The average molecular weight is 742 g/mol. The Bertz CT molecular complexity index is 1380. The van der Waals surface area contributed by atoms with E-state index in [1.54, 1.807) is 127 Å². The Balaban J connectivity index is 2.91. The van der Waals surface area contributed by atoms with Crippen LogP contribution in [0.5, 0.6) is 0 Å². The highest BCUT2D eigenvalue weighted by molar-refractivity contribution is 7.54. The van der Waals surface area contributed by atoms with E-state index in [0.717, 1.165) is 0 Å². The maximum absolute atomic E-state index is 14.5. The number of nitrogens with one attached hydrogen (secondary N) is 1. The lowest BCUT2D eigenvalue weighted by Gasteiger charge is -2.47. The molecule has 1 saturated heterocycles. The molecule has 0 saturated carbocycles. The molecule has 0 aliphatic carbocycles. The maximum Gasteiger partial charge on any atom is 0.352 e. The topological polar surface area (TPSA) is 162 Å². The Labute approximate surface area is 303 Å². The van der Waals surface area contributed by atoms with Gasteiger partial charge in [-0.2, -0.15) is 0 Å². The molecule has 0 spiro atoms. The van der Waals surface area contributed by atoms with Crippen molar-refractivity contribution >= 4 is 31.5 Å². The summed E-state index contributed by atoms with van der Waals surface area (Å²) in [6.45, 7) is 22.8. The highest BCUT2D eigenvalue weighted by Crippen LogP contribution is 2.60. The predicted molar refractivity (Wildman–Crippen MR) is 190 cm³/mol. The van der Waals surface area contributed by atoms with Crippen molar-refractivity contribution in [2.45, 2.75) is 133 Å². The van der Waals surface area contributed by atoms with Crippen LogP contribution in [-0.4, -0.2) is 74.3 Å². The number of esters is 4. The lowest BCUT2D eigenvalue weighted by molar-refractivity contribution is -0.265. The van der Waals surface area contributed by atoms with Gasteiger partial charge < -0.3 is 32.7 Å². The molecule has 0 bridgehead atoms. The summed E-state index contributed by atoms with van der Waals surface area (Å²) in [6.07, 6.45) is -7.08. The van der Waals surface area contributed by atoms with Crippen molar-refractivity contribution in [2.75, 3.05) is 19.8 Å². The van der Waals surface area contributed by atoms with Crippen LogP contribution in [0.2, 0.25) is 0 Å². The summed E-state index contributed by atoms with van der Waals surface area (Å²) in [5, 5.41) is 3.20. The molecule has 2 rings (SSSR count). The van der Waals surface area contributed by atoms with Gasteiger partial charge in [-0.05, 0) is 102 Å². The molecule has 0 amide bonds. The van der Waals surface area contributed by atoms with Gasteiger partial charge in [-0.1, -0.05) is 30.3 Å². The fourth-order valence-electron chi connectivity index (χ4n) is 4.57. The first-order chi connectivity index (χ1) is 23.3. The molecule has 6 atom stereocenters. The first-order valence-corrected chi connectivity index (χ1v) is 19.0. The summed E-state index contributed by atoms with van der Waals surface area (Å²) in [5.74, 6) is -3.81. The number of rotatable bonds is 13. The zero-order valence-corrected chi connectivity index (χ0v) is 33.7. The predicted octanol–water partition coefficient (Wildman–Crippen LogP) is 6.73. The van der Waals surface area contributed by atoms with Crippen LogP contribution in [0.4, 0.5) is 0 Å². The minimum atomic E-state index is -4.03. The van der Waals surface area contributed by atoms with E-state index in [0.29, 0.717) is 5.56 Å². The second-order valence-electron chi connectivity index (χ2n) is 16.7. The van der Waals surface area contributed by atoms with E-state index >= 15 is 0 Å². The molecule has 0 radical (unpaired) electrons. The molecule has 1 aliphatic rings. The number of carbonyl (C=O) groups excluding carboxylic acids is 4. The minimum Gasteiger partial charge on any atom is -0.462 e. The van der Waals surface area contributed by atoms with Crippen LogP contribution in [0.15, 0.2) is 30.3 Å². The van der Waals surface area contributed by atoms with Crippen molar-refractivity contribution in [3.63, 3.8) is 0 Å². The molecule has 1 aliphatic heterocycles. The standard InChI is InChI=1S/C37H60NO12P/c1-15-45-51(43,46-16-2)29(23-20-18-17-19-21-23)38-28-27(50-33(42)37(12,13)14)26(49-32(41)36(9,10)11)25(48-31(40)35(6,7)8)24(47-28)22-44-30(39)34(3,4)5/h17-21,24-29,38H,15-16,22H2,1-14H3/t24-,25+,26+,27-,28-,29+/m1/s1. The molecular formula is C37H60NO12P. The van der Waals surface area contributed by atoms with Crippen LogP contribution in [0.3, 0.4) is 0 Å². The molecule has 0 unspecified atom stereocenters. The molecule has 13 nitrogen and oxygen atoms in total. The normalized spacial score (nSPS) is 22.4. The van der Waals surface area contributed by atoms with Gasteiger partial charge in [0.25, 0.3) is 0 Å². The third-order valence-corrected chi connectivity index (χ3v) is 9.88. The van der Waals surface area contributed by atoms with Gasteiger partial charge in [-0.15, -0.1) is 0 Å². The van der Waals surface area contributed by atoms with E-state index in [1.165, 1.54) is 0 Å². The lowest BCUT2D eigenvalue weighted by Crippen LogP contribution is -2.66. The highest BCUT2D eigenvalue weighted by Gasteiger charge is 2.56. The Morgan fingerprint density at radius 2 is 1.08 bits per heavy atom. The van der Waals surface area contributed by atoms with Crippen LogP contribution >= 0.6 is 7.60 Å². The highest BCUT2D eigenvalue weighted by atomic mass is 31.2. The molecule has 1 heterocycles. The second-order valence-corrected chi connectivity index (χ2v) is 18.8. The smallest absolute Gasteiger partial charge is 0.352 e. The molecular weight excluding hydrogens is 681 g/mol. The van der Waals surface area contributed by atoms with Crippen LogP contribution in [0.25, 0.3) is 0 Å². The molecule has 1 aromatic carbocycles. The van der Waals surface area contributed by atoms with E-state index in [4.69, 9.17) is 32.7 Å². The van der Waals surface area contributed by atoms with Gasteiger partial charge in [0, 0.05) is 0 Å². The molecule has 290 valence electrons. The molecule has 1 N–H and O–H groups in total. The van der Waals surface area contributed by atoms with Crippen molar-refractivity contribution in [3.8, 4) is 0 Å². The Morgan fingerprint density at radius 3 is 1.49 bits per heavy atom. The monoisotopic (exact) mass is 741 g/mol. The minimum absolute atomic E-state index is 0.0400. The Kier molecular flexibility index (Phi) is 15.1. The van der Waals surface area contributed by atoms with Crippen molar-refractivity contribution in [3.05, 3.63) is 35.9 Å². The SMILES string of the molecule is CCOP(=O)(OCC)[C@H](N[C@@H]1O[C@H](COC(=O)C(C)(C)C)[C@H](OC(=O)C(C)(C)C)[C@H](OC(=O)C(C)(C)C)[C@H]1OC(=O)C(C)(C)C)c1ccccc1. The van der Waals surface area contributed by atoms with E-state index in [9.17, 15) is 23.7 Å². The quantitative estimate of drug-likeness (QED) is 0.129. The Hall–Kier alpha value is -2.83. The van der Waals surface area contributed by atoms with Crippen LogP contribution in [-0.2, 0) is 56.5 Å². The van der Waals surface area contributed by atoms with Gasteiger partial charge in [-0.3, -0.25) is 29.1 Å². The zero-order chi connectivity index (χ0) is 39.2. The van der Waals surface area contributed by atoms with Gasteiger partial charge >= 0.3 is 31.5 Å². The van der Waals surface area contributed by atoms with Crippen LogP contribution in [0, 0.1) is 21.7 Å². The fourth-order valence-corrected chi connectivity index (χ4v) is 6.53. The van der Waals surface area contributed by atoms with Crippen molar-refractivity contribution in [2.24, 2.45) is 21.7 Å². The molecule has 14 heteroatoms. The number of carbonyl (C=O) groups is 4. The van der Waals surface area contributed by atoms with Gasteiger partial charge in [0.05, 0.1) is 34.9 Å². The fraction of sp³-hybridized carbons (Fsp3) is 0.730. The second kappa shape index (κ2) is 17.3. The van der Waals surface area contributed by atoms with E-state index in [2.05, 4.69) is 5.32 Å². The first kappa shape index (κ1) is 44.3. The number of benzene rings is 1. The molecule has 1 fully saturated rings. The maximum atomic E-state index is 14.5. The van der Waals surface area contributed by atoms with Crippen LogP contribution < -0.4 is 5.32 Å². The van der Waals surface area contributed by atoms with E-state index in [1.807, 2.05) is 0 Å². The molecule has 0 aromatic heterocycles. The largest absolute Gasteiger partial charge is 0.462 e. The zero-order valence-electron chi connectivity index (χ0n) is 32.8. The van der Waals surface area contributed by atoms with E-state index in [-0.39, 0.29) is 13.2 Å². The summed E-state index contributed by atoms with van der Waals surface area (Å²) in [7, 11) is -4.03. The number of hydrogen-bond acceptors (Lipinski definition) is 13. The van der Waals surface area contributed by atoms with Gasteiger partial charge in [-0.25, -0.2) is 0 Å². The Morgan fingerprint density at radius 1 is 0.667 bits per heavy atom. The summed E-state index contributed by atoms with van der Waals surface area (Å²) in [5.41, 5.74) is -3.50. The van der Waals surface area contributed by atoms with Crippen molar-refractivity contribution in [1.29, 1.82) is 0 Å². The molecule has 51 heavy (non-hydrogen) atoms. The summed E-state index contributed by atoms with van der Waals surface area (Å²) in [6, 6.07) is 8.71. The van der Waals surface area contributed by atoms with Gasteiger partial charge in [0.15, 0.2) is 24.5 Å². The third kappa shape index (κ3) is 12.4. The first-order valence-electron chi connectivity index (χ1n) is 17.4. The summed E-state index contributed by atoms with van der Waals surface area (Å²) < 4.78 is 56.5. The summed E-state index contributed by atoms with van der Waals surface area (Å²) in [4.78, 5) is 53.8. The van der Waals surface area contributed by atoms with E-state index < -0.39 is 96.2 Å². The van der Waals surface area contributed by atoms with Crippen molar-refractivity contribution in [1.82, 2.24) is 5.32 Å². The van der Waals surface area contributed by atoms with Crippen molar-refractivity contribution < 1.29 is 56.5 Å². The van der Waals surface area contributed by atoms with Gasteiger partial charge in [0.1, 0.15) is 18.5 Å². The average Bonchev–Trinajstić information content (AvgIpc) is 2.99. The van der Waals surface area contributed by atoms with Gasteiger partial charge in [0.2, 0.25) is 0 Å². The number of hydrogen-bond donors (Lipinski definition) is 1.